The van der Waals surface area contributed by atoms with Gasteiger partial charge in [0.25, 0.3) is 0 Å². The summed E-state index contributed by atoms with van der Waals surface area (Å²) in [5.41, 5.74) is 11.3. The van der Waals surface area contributed by atoms with Crippen molar-refractivity contribution in [3.8, 4) is 22.5 Å². The molecule has 0 aliphatic carbocycles. The van der Waals surface area contributed by atoms with Gasteiger partial charge in [0.15, 0.2) is 0 Å². The molecule has 11 rings (SSSR count). The second kappa shape index (κ2) is 9.96. The first-order valence-corrected chi connectivity index (χ1v) is 16.8. The lowest BCUT2D eigenvalue weighted by Gasteiger charge is -2.11. The van der Waals surface area contributed by atoms with Gasteiger partial charge >= 0.3 is 0 Å². The molecule has 0 unspecified atom stereocenters. The van der Waals surface area contributed by atoms with Crippen LogP contribution in [0.4, 0.5) is 0 Å². The monoisotopic (exact) mass is 624 g/mol. The quantitative estimate of drug-likeness (QED) is 0.192. The molecule has 3 heterocycles. The molecule has 0 saturated carbocycles. The van der Waals surface area contributed by atoms with Crippen LogP contribution in [0.2, 0.25) is 0 Å². The number of para-hydroxylation sites is 3. The third-order valence-corrected chi connectivity index (χ3v) is 10.3. The summed E-state index contributed by atoms with van der Waals surface area (Å²) < 4.78 is 11.1. The molecule has 3 aromatic heterocycles. The summed E-state index contributed by atoms with van der Waals surface area (Å²) in [6, 6.07) is 61.4. The highest BCUT2D eigenvalue weighted by molar-refractivity contribution is 6.21. The Morgan fingerprint density at radius 1 is 0.347 bits per heavy atom. The van der Waals surface area contributed by atoms with Gasteiger partial charge in [0.1, 0.15) is 11.2 Å². The Balaban J connectivity index is 1.18. The fourth-order valence-corrected chi connectivity index (χ4v) is 8.10. The van der Waals surface area contributed by atoms with E-state index in [1.165, 1.54) is 65.5 Å². The molecule has 0 aliphatic rings. The summed E-state index contributed by atoms with van der Waals surface area (Å²) in [5, 5.41) is 9.83. The average molecular weight is 625 g/mol. The maximum atomic E-state index is 6.21. The van der Waals surface area contributed by atoms with Gasteiger partial charge in [0.05, 0.1) is 22.1 Å². The van der Waals surface area contributed by atoms with Crippen molar-refractivity contribution in [1.29, 1.82) is 0 Å². The van der Waals surface area contributed by atoms with Gasteiger partial charge in [0, 0.05) is 43.7 Å². The molecule has 0 atom stereocenters. The molecule has 3 heteroatoms. The van der Waals surface area contributed by atoms with Crippen LogP contribution in [0.3, 0.4) is 0 Å². The number of fused-ring (bicyclic) bond motifs is 10. The molecule has 0 aliphatic heterocycles. The van der Waals surface area contributed by atoms with E-state index in [0.29, 0.717) is 0 Å². The van der Waals surface area contributed by atoms with E-state index < -0.39 is 0 Å². The zero-order valence-electron chi connectivity index (χ0n) is 26.5. The molecular formula is C46H28N2O. The molecular weight excluding hydrogens is 597 g/mol. The molecule has 49 heavy (non-hydrogen) atoms. The maximum absolute atomic E-state index is 6.21. The predicted molar refractivity (Wildman–Crippen MR) is 205 cm³/mol. The van der Waals surface area contributed by atoms with E-state index in [-0.39, 0.29) is 0 Å². The average Bonchev–Trinajstić information content (AvgIpc) is 3.80. The van der Waals surface area contributed by atoms with Gasteiger partial charge in [0.2, 0.25) is 0 Å². The molecule has 0 spiro atoms. The molecule has 8 aromatic carbocycles. The van der Waals surface area contributed by atoms with Crippen LogP contribution < -0.4 is 0 Å². The van der Waals surface area contributed by atoms with E-state index in [0.717, 1.165) is 33.3 Å². The van der Waals surface area contributed by atoms with Gasteiger partial charge in [-0.3, -0.25) is 0 Å². The maximum Gasteiger partial charge on any atom is 0.136 e. The standard InChI is InChI=1S/C46H28N2O/c1-2-13-32(14-3-1)48-41-26-31-12-5-4-11-30(31)25-37(41)39-27-38-35-15-6-8-18-40(35)47(42(38)28-43(39)48)33-23-21-29(22-24-33)34-17-10-20-45-46(34)36-16-7-9-19-44(36)49-45/h1-28H. The van der Waals surface area contributed by atoms with E-state index in [2.05, 4.69) is 167 Å². The van der Waals surface area contributed by atoms with Crippen LogP contribution in [0.1, 0.15) is 0 Å². The van der Waals surface area contributed by atoms with Crippen molar-refractivity contribution in [2.45, 2.75) is 0 Å². The number of rotatable bonds is 3. The normalized spacial score (nSPS) is 12.1. The van der Waals surface area contributed by atoms with Crippen molar-refractivity contribution >= 4 is 76.3 Å². The smallest absolute Gasteiger partial charge is 0.136 e. The Kier molecular flexibility index (Phi) is 5.38. The Hall–Kier alpha value is -6.58. The van der Waals surface area contributed by atoms with Crippen LogP contribution in [-0.4, -0.2) is 9.13 Å². The van der Waals surface area contributed by atoms with Crippen LogP contribution >= 0.6 is 0 Å². The third kappa shape index (κ3) is 3.78. The van der Waals surface area contributed by atoms with Gasteiger partial charge < -0.3 is 13.6 Å². The highest BCUT2D eigenvalue weighted by Crippen LogP contribution is 2.42. The molecule has 0 fully saturated rings. The largest absolute Gasteiger partial charge is 0.456 e. The summed E-state index contributed by atoms with van der Waals surface area (Å²) in [5.74, 6) is 0. The number of nitrogens with zero attached hydrogens (tertiary/aromatic N) is 2. The van der Waals surface area contributed by atoms with Crippen molar-refractivity contribution in [3.05, 3.63) is 170 Å². The molecule has 0 saturated heterocycles. The number of aromatic nitrogens is 2. The van der Waals surface area contributed by atoms with Crippen molar-refractivity contribution in [2.75, 3.05) is 0 Å². The van der Waals surface area contributed by atoms with Gasteiger partial charge in [-0.1, -0.05) is 103 Å². The van der Waals surface area contributed by atoms with Crippen molar-refractivity contribution in [3.63, 3.8) is 0 Å². The highest BCUT2D eigenvalue weighted by Gasteiger charge is 2.19. The van der Waals surface area contributed by atoms with Gasteiger partial charge in [-0.05, 0) is 88.6 Å². The molecule has 11 aromatic rings. The van der Waals surface area contributed by atoms with E-state index in [1.807, 2.05) is 12.1 Å². The molecule has 0 N–H and O–H groups in total. The van der Waals surface area contributed by atoms with Gasteiger partial charge in [-0.15, -0.1) is 0 Å². The highest BCUT2D eigenvalue weighted by atomic mass is 16.3. The van der Waals surface area contributed by atoms with Crippen molar-refractivity contribution < 1.29 is 4.42 Å². The van der Waals surface area contributed by atoms with Crippen molar-refractivity contribution in [1.82, 2.24) is 9.13 Å². The minimum absolute atomic E-state index is 0.913. The number of benzene rings is 8. The van der Waals surface area contributed by atoms with Crippen LogP contribution in [0.5, 0.6) is 0 Å². The molecule has 3 nitrogen and oxygen atoms in total. The summed E-state index contributed by atoms with van der Waals surface area (Å²) in [7, 11) is 0. The SMILES string of the molecule is c1ccc(-n2c3cc4ccccc4cc3c3cc4c5ccccc5n(-c5ccc(-c6cccc7oc8ccccc8c67)cc5)c4cc32)cc1. The Morgan fingerprint density at radius 3 is 1.78 bits per heavy atom. The topological polar surface area (TPSA) is 23.0 Å². The van der Waals surface area contributed by atoms with E-state index in [4.69, 9.17) is 4.42 Å². The molecule has 228 valence electrons. The fraction of sp³-hybridized carbons (Fsp3) is 0. The second-order valence-electron chi connectivity index (χ2n) is 13.0. The third-order valence-electron chi connectivity index (χ3n) is 10.3. The zero-order chi connectivity index (χ0) is 32.1. The van der Waals surface area contributed by atoms with Crippen LogP contribution in [0.15, 0.2) is 174 Å². The summed E-state index contributed by atoms with van der Waals surface area (Å²) in [6.45, 7) is 0. The minimum atomic E-state index is 0.913. The minimum Gasteiger partial charge on any atom is -0.456 e. The van der Waals surface area contributed by atoms with E-state index >= 15 is 0 Å². The number of hydrogen-bond donors (Lipinski definition) is 0. The lowest BCUT2D eigenvalue weighted by molar-refractivity contribution is 0.669. The number of furan rings is 1. The lowest BCUT2D eigenvalue weighted by atomic mass is 9.99. The van der Waals surface area contributed by atoms with Crippen LogP contribution in [-0.2, 0) is 0 Å². The summed E-state index contributed by atoms with van der Waals surface area (Å²) >= 11 is 0. The Bertz CT molecular complexity index is 3090. The molecule has 0 amide bonds. The van der Waals surface area contributed by atoms with E-state index in [9.17, 15) is 0 Å². The first-order chi connectivity index (χ1) is 24.3. The predicted octanol–water partition coefficient (Wildman–Crippen LogP) is 12.6. The summed E-state index contributed by atoms with van der Waals surface area (Å²) in [6.07, 6.45) is 0. The van der Waals surface area contributed by atoms with Gasteiger partial charge in [-0.2, -0.15) is 0 Å². The number of hydrogen-bond acceptors (Lipinski definition) is 1. The Morgan fingerprint density at radius 2 is 0.939 bits per heavy atom. The van der Waals surface area contributed by atoms with Gasteiger partial charge in [-0.25, -0.2) is 0 Å². The lowest BCUT2D eigenvalue weighted by Crippen LogP contribution is -1.96. The Labute approximate surface area is 281 Å². The second-order valence-corrected chi connectivity index (χ2v) is 13.0. The van der Waals surface area contributed by atoms with Crippen molar-refractivity contribution in [2.24, 2.45) is 0 Å². The van der Waals surface area contributed by atoms with Crippen LogP contribution in [0, 0.1) is 0 Å². The molecule has 0 radical (unpaired) electrons. The first-order valence-electron chi connectivity index (χ1n) is 16.8. The van der Waals surface area contributed by atoms with E-state index in [1.54, 1.807) is 0 Å². The molecule has 0 bridgehead atoms. The zero-order valence-corrected chi connectivity index (χ0v) is 26.5. The first kappa shape index (κ1) is 26.5. The van der Waals surface area contributed by atoms with Crippen LogP contribution in [0.25, 0.3) is 98.8 Å². The summed E-state index contributed by atoms with van der Waals surface area (Å²) in [4.78, 5) is 0. The fourth-order valence-electron chi connectivity index (χ4n) is 8.10.